The second-order valence-electron chi connectivity index (χ2n) is 4.09. The van der Waals surface area contributed by atoms with E-state index in [9.17, 15) is 4.39 Å². The van der Waals surface area contributed by atoms with Gasteiger partial charge in [-0.15, -0.1) is 33.1 Å². The molecule has 19 heavy (non-hydrogen) atoms. The number of fused-ring (bicyclic) bond motifs is 1. The summed E-state index contributed by atoms with van der Waals surface area (Å²) in [6.07, 6.45) is 1.48. The van der Waals surface area contributed by atoms with Gasteiger partial charge in [0.1, 0.15) is 5.82 Å². The molecule has 3 aromatic rings. The van der Waals surface area contributed by atoms with Crippen LogP contribution in [0.5, 0.6) is 0 Å². The minimum Gasteiger partial charge on any atom is -0.420 e. The molecule has 2 aromatic heterocycles. The molecular weight excluding hydrogens is 287 g/mol. The molecule has 0 saturated carbocycles. The van der Waals surface area contributed by atoms with Crippen LogP contribution in [0.4, 0.5) is 4.39 Å². The molecule has 0 atom stereocenters. The second-order valence-corrected chi connectivity index (χ2v) is 5.55. The Bertz CT molecular complexity index is 710. The van der Waals surface area contributed by atoms with E-state index in [1.54, 1.807) is 6.07 Å². The van der Waals surface area contributed by atoms with Gasteiger partial charge < -0.3 is 4.42 Å². The molecule has 98 valence electrons. The van der Waals surface area contributed by atoms with E-state index in [-0.39, 0.29) is 5.82 Å². The van der Waals surface area contributed by atoms with Crippen molar-refractivity contribution in [3.05, 3.63) is 36.0 Å². The molecule has 1 aromatic carbocycles. The molecule has 0 radical (unpaired) electrons. The molecule has 0 amide bonds. The molecule has 0 bridgehead atoms. The zero-order valence-electron chi connectivity index (χ0n) is 9.90. The third-order valence-electron chi connectivity index (χ3n) is 2.68. The lowest BCUT2D eigenvalue weighted by molar-refractivity contribution is 0.503. The number of alkyl halides is 1. The first kappa shape index (κ1) is 12.6. The fourth-order valence-electron chi connectivity index (χ4n) is 1.78. The lowest BCUT2D eigenvalue weighted by Gasteiger charge is -1.89. The van der Waals surface area contributed by atoms with E-state index in [0.29, 0.717) is 24.1 Å². The molecule has 6 heteroatoms. The van der Waals surface area contributed by atoms with Crippen molar-refractivity contribution in [3.8, 4) is 10.8 Å². The van der Waals surface area contributed by atoms with Crippen molar-refractivity contribution < 1.29 is 8.81 Å². The molecule has 2 heterocycles. The second kappa shape index (κ2) is 5.27. The van der Waals surface area contributed by atoms with Crippen molar-refractivity contribution in [2.45, 2.75) is 12.8 Å². The molecule has 0 saturated heterocycles. The van der Waals surface area contributed by atoms with Gasteiger partial charge in [-0.2, -0.15) is 0 Å². The van der Waals surface area contributed by atoms with Crippen LogP contribution in [-0.2, 0) is 6.42 Å². The van der Waals surface area contributed by atoms with Gasteiger partial charge in [0.25, 0.3) is 5.89 Å². The monoisotopic (exact) mass is 296 g/mol. The Morgan fingerprint density at radius 3 is 3.00 bits per heavy atom. The molecule has 0 spiro atoms. The fourth-order valence-corrected chi connectivity index (χ4v) is 2.93. The maximum Gasteiger partial charge on any atom is 0.257 e. The molecule has 3 rings (SSSR count). The Kier molecular flexibility index (Phi) is 3.48. The van der Waals surface area contributed by atoms with Crippen molar-refractivity contribution in [3.63, 3.8) is 0 Å². The third kappa shape index (κ3) is 2.62. The Hall–Kier alpha value is -1.46. The highest BCUT2D eigenvalue weighted by atomic mass is 35.5. The van der Waals surface area contributed by atoms with Crippen molar-refractivity contribution in [2.75, 3.05) is 5.88 Å². The lowest BCUT2D eigenvalue weighted by atomic mass is 10.2. The third-order valence-corrected chi connectivity index (χ3v) is 4.04. The summed E-state index contributed by atoms with van der Waals surface area (Å²) in [7, 11) is 0. The number of nitrogens with zero attached hydrogens (tertiary/aromatic N) is 2. The Morgan fingerprint density at radius 1 is 1.26 bits per heavy atom. The molecule has 3 nitrogen and oxygen atoms in total. The van der Waals surface area contributed by atoms with Gasteiger partial charge in [-0.1, -0.05) is 6.07 Å². The van der Waals surface area contributed by atoms with Gasteiger partial charge in [0.2, 0.25) is 5.89 Å². The Labute approximate surface area is 118 Å². The summed E-state index contributed by atoms with van der Waals surface area (Å²) in [4.78, 5) is 0.852. The number of aryl methyl sites for hydroxylation is 1. The highest BCUT2D eigenvalue weighted by molar-refractivity contribution is 7.22. The predicted octanol–water partition coefficient (Wildman–Crippen LogP) is 4.26. The van der Waals surface area contributed by atoms with Crippen molar-refractivity contribution in [1.29, 1.82) is 0 Å². The maximum absolute atomic E-state index is 13.1. The highest BCUT2D eigenvalue weighted by Gasteiger charge is 2.12. The van der Waals surface area contributed by atoms with Crippen molar-refractivity contribution >= 4 is 33.0 Å². The lowest BCUT2D eigenvalue weighted by Crippen LogP contribution is -1.85. The van der Waals surface area contributed by atoms with Crippen LogP contribution in [0.3, 0.4) is 0 Å². The maximum atomic E-state index is 13.1. The summed E-state index contributed by atoms with van der Waals surface area (Å²) in [5.74, 6) is 1.39. The number of thiophene rings is 1. The molecule has 0 fully saturated rings. The van der Waals surface area contributed by atoms with Crippen LogP contribution in [0.1, 0.15) is 12.3 Å². The average Bonchev–Trinajstić information content (AvgIpc) is 3.01. The molecule has 0 aliphatic heterocycles. The standard InChI is InChI=1S/C13H10ClFN2OS/c14-5-1-2-12-16-17-13(18-12)11-6-8-3-4-9(15)7-10(8)19-11/h3-4,6-7H,1-2,5H2. The highest BCUT2D eigenvalue weighted by Crippen LogP contribution is 2.33. The van der Waals surface area contributed by atoms with Gasteiger partial charge in [0.05, 0.1) is 4.88 Å². The largest absolute Gasteiger partial charge is 0.420 e. The number of halogens is 2. The molecule has 0 aliphatic rings. The van der Waals surface area contributed by atoms with E-state index in [2.05, 4.69) is 10.2 Å². The number of rotatable bonds is 4. The van der Waals surface area contributed by atoms with E-state index in [1.807, 2.05) is 6.07 Å². The first-order valence-electron chi connectivity index (χ1n) is 5.84. The van der Waals surface area contributed by atoms with Gasteiger partial charge >= 0.3 is 0 Å². The van der Waals surface area contributed by atoms with Crippen LogP contribution in [0, 0.1) is 5.82 Å². The summed E-state index contributed by atoms with van der Waals surface area (Å²) in [6.45, 7) is 0. The number of hydrogen-bond acceptors (Lipinski definition) is 4. The van der Waals surface area contributed by atoms with Crippen LogP contribution in [0.2, 0.25) is 0 Å². The van der Waals surface area contributed by atoms with E-state index < -0.39 is 0 Å². The Morgan fingerprint density at radius 2 is 2.16 bits per heavy atom. The number of aromatic nitrogens is 2. The van der Waals surface area contributed by atoms with Crippen molar-refractivity contribution in [1.82, 2.24) is 10.2 Å². The SMILES string of the molecule is Fc1ccc2cc(-c3nnc(CCCCl)o3)sc2c1. The normalized spacial score (nSPS) is 11.3. The van der Waals surface area contributed by atoms with Crippen LogP contribution in [-0.4, -0.2) is 16.1 Å². The summed E-state index contributed by atoms with van der Waals surface area (Å²) in [5, 5.41) is 8.96. The molecule has 0 aliphatic carbocycles. The predicted molar refractivity (Wildman–Crippen MR) is 74.1 cm³/mol. The minimum absolute atomic E-state index is 0.241. The first-order chi connectivity index (χ1) is 9.26. The van der Waals surface area contributed by atoms with Gasteiger partial charge in [-0.05, 0) is 30.0 Å². The van der Waals surface area contributed by atoms with E-state index in [4.69, 9.17) is 16.0 Å². The summed E-state index contributed by atoms with van der Waals surface area (Å²) < 4.78 is 19.6. The number of hydrogen-bond donors (Lipinski definition) is 0. The van der Waals surface area contributed by atoms with E-state index in [1.165, 1.54) is 23.5 Å². The fraction of sp³-hybridized carbons (Fsp3) is 0.231. The van der Waals surface area contributed by atoms with Gasteiger partial charge in [0, 0.05) is 17.0 Å². The van der Waals surface area contributed by atoms with Crippen LogP contribution < -0.4 is 0 Å². The average molecular weight is 297 g/mol. The topological polar surface area (TPSA) is 38.9 Å². The van der Waals surface area contributed by atoms with E-state index >= 15 is 0 Å². The molecular formula is C13H10ClFN2OS. The zero-order chi connectivity index (χ0) is 13.2. The summed E-state index contributed by atoms with van der Waals surface area (Å²) >= 11 is 7.06. The van der Waals surface area contributed by atoms with Gasteiger partial charge in [0.15, 0.2) is 0 Å². The van der Waals surface area contributed by atoms with Gasteiger partial charge in [-0.3, -0.25) is 0 Å². The zero-order valence-corrected chi connectivity index (χ0v) is 11.5. The smallest absolute Gasteiger partial charge is 0.257 e. The summed E-state index contributed by atoms with van der Waals surface area (Å²) in [5.41, 5.74) is 0. The minimum atomic E-state index is -0.241. The van der Waals surface area contributed by atoms with Crippen LogP contribution in [0.25, 0.3) is 20.9 Å². The first-order valence-corrected chi connectivity index (χ1v) is 7.19. The van der Waals surface area contributed by atoms with Crippen molar-refractivity contribution in [2.24, 2.45) is 0 Å². The van der Waals surface area contributed by atoms with Crippen LogP contribution in [0.15, 0.2) is 28.7 Å². The van der Waals surface area contributed by atoms with E-state index in [0.717, 1.165) is 21.4 Å². The number of benzene rings is 1. The Balaban J connectivity index is 1.92. The molecule has 0 N–H and O–H groups in total. The summed E-state index contributed by atoms with van der Waals surface area (Å²) in [6, 6.07) is 6.63. The molecule has 0 unspecified atom stereocenters. The van der Waals surface area contributed by atoms with Crippen LogP contribution >= 0.6 is 22.9 Å². The van der Waals surface area contributed by atoms with Gasteiger partial charge in [-0.25, -0.2) is 4.39 Å². The quantitative estimate of drug-likeness (QED) is 0.675.